The molecule has 3 fully saturated rings. The third-order valence-electron chi connectivity index (χ3n) is 8.14. The van der Waals surface area contributed by atoms with Crippen molar-refractivity contribution in [2.45, 2.75) is 75.2 Å². The van der Waals surface area contributed by atoms with Gasteiger partial charge in [0.25, 0.3) is 5.91 Å². The minimum Gasteiger partial charge on any atom is -0.359 e. The number of aliphatic imine (C=N–C) groups is 2. The maximum absolute atomic E-state index is 13.8. The van der Waals surface area contributed by atoms with Crippen molar-refractivity contribution in [2.24, 2.45) is 9.98 Å². The first-order valence-electron chi connectivity index (χ1n) is 13.5. The van der Waals surface area contributed by atoms with Crippen LogP contribution in [0.4, 0.5) is 0 Å². The Morgan fingerprint density at radius 1 is 1.14 bits per heavy atom. The first-order chi connectivity index (χ1) is 17.2. The average Bonchev–Trinajstić information content (AvgIpc) is 3.06. The molecule has 5 aliphatic heterocycles. The van der Waals surface area contributed by atoms with E-state index >= 15 is 0 Å². The van der Waals surface area contributed by atoms with Crippen molar-refractivity contribution >= 4 is 35.0 Å². The molecular formula is C26H36N6O2S. The third-order valence-corrected chi connectivity index (χ3v) is 9.63. The highest BCUT2D eigenvalue weighted by atomic mass is 32.2. The van der Waals surface area contributed by atoms with Gasteiger partial charge in [0.1, 0.15) is 11.4 Å². The van der Waals surface area contributed by atoms with Crippen molar-refractivity contribution in [2.75, 3.05) is 39.3 Å². The summed E-state index contributed by atoms with van der Waals surface area (Å²) >= 11 is 1.75. The number of nitrogens with one attached hydrogen (secondary N) is 2. The molecule has 1 saturated carbocycles. The summed E-state index contributed by atoms with van der Waals surface area (Å²) in [6.45, 7) is 5.23. The van der Waals surface area contributed by atoms with Crippen molar-refractivity contribution in [3.8, 4) is 0 Å². The minimum atomic E-state index is -0.294. The zero-order valence-corrected chi connectivity index (χ0v) is 21.2. The average molecular weight is 497 g/mol. The van der Waals surface area contributed by atoms with E-state index in [1.54, 1.807) is 11.8 Å². The van der Waals surface area contributed by atoms with E-state index in [2.05, 4.69) is 31.5 Å². The van der Waals surface area contributed by atoms with Crippen LogP contribution in [0, 0.1) is 0 Å². The summed E-state index contributed by atoms with van der Waals surface area (Å²) in [4.78, 5) is 41.8. The van der Waals surface area contributed by atoms with Crippen LogP contribution in [0.1, 0.15) is 57.8 Å². The van der Waals surface area contributed by atoms with Crippen LogP contribution in [0.5, 0.6) is 0 Å². The fraction of sp³-hybridized carbons (Fsp3) is 0.692. The Balaban J connectivity index is 1.32. The quantitative estimate of drug-likeness (QED) is 0.583. The lowest BCUT2D eigenvalue weighted by Gasteiger charge is -2.42. The van der Waals surface area contributed by atoms with Crippen LogP contribution >= 0.6 is 11.8 Å². The van der Waals surface area contributed by atoms with Gasteiger partial charge in [-0.2, -0.15) is 0 Å². The zero-order valence-electron chi connectivity index (χ0n) is 20.4. The van der Waals surface area contributed by atoms with E-state index in [0.717, 1.165) is 87.8 Å². The van der Waals surface area contributed by atoms with Crippen LogP contribution in [-0.4, -0.2) is 89.8 Å². The van der Waals surface area contributed by atoms with Crippen molar-refractivity contribution in [1.82, 2.24) is 20.4 Å². The van der Waals surface area contributed by atoms with Gasteiger partial charge < -0.3 is 20.4 Å². The van der Waals surface area contributed by atoms with Crippen molar-refractivity contribution < 1.29 is 9.59 Å². The topological polar surface area (TPSA) is 89.4 Å². The SMILES string of the molecule is O=C(NCC1=NCCCC1)C1=C2SC3CCCCC3N2C2N=C(N3CCCNCC3)CC=C2C1=O. The Bertz CT molecular complexity index is 1010. The van der Waals surface area contributed by atoms with Gasteiger partial charge in [0.05, 0.1) is 11.6 Å². The van der Waals surface area contributed by atoms with Gasteiger partial charge in [0, 0.05) is 55.2 Å². The normalized spacial score (nSPS) is 31.0. The molecule has 2 N–H and O–H groups in total. The summed E-state index contributed by atoms with van der Waals surface area (Å²) in [6.07, 6.45) is 11.3. The number of hydrogen-bond donors (Lipinski definition) is 2. The molecule has 0 aromatic rings. The lowest BCUT2D eigenvalue weighted by Crippen LogP contribution is -2.51. The molecule has 0 bridgehead atoms. The van der Waals surface area contributed by atoms with E-state index in [-0.39, 0.29) is 17.9 Å². The Morgan fingerprint density at radius 3 is 2.94 bits per heavy atom. The fourth-order valence-corrected chi connectivity index (χ4v) is 7.94. The Labute approximate surface area is 211 Å². The molecule has 8 nitrogen and oxygen atoms in total. The van der Waals surface area contributed by atoms with Gasteiger partial charge in [-0.25, -0.2) is 4.99 Å². The molecule has 5 heterocycles. The van der Waals surface area contributed by atoms with Crippen LogP contribution < -0.4 is 10.6 Å². The van der Waals surface area contributed by atoms with Crippen molar-refractivity contribution in [1.29, 1.82) is 0 Å². The molecular weight excluding hydrogens is 460 g/mol. The number of thioether (sulfide) groups is 1. The standard InChI is InChI=1S/C26H36N6O2S/c33-23-18-9-10-21(31-14-5-11-27-13-15-31)30-24(18)32-19-7-1-2-8-20(19)35-26(32)22(23)25(34)29-16-17-6-3-4-12-28-17/h9,19-20,24,27H,1-8,10-16H2,(H,29,34). The summed E-state index contributed by atoms with van der Waals surface area (Å²) in [5, 5.41) is 7.80. The summed E-state index contributed by atoms with van der Waals surface area (Å²) in [6, 6.07) is 0.338. The lowest BCUT2D eigenvalue weighted by atomic mass is 9.88. The number of rotatable bonds is 3. The monoisotopic (exact) mass is 496 g/mol. The first-order valence-corrected chi connectivity index (χ1v) is 14.4. The number of nitrogens with zero attached hydrogens (tertiary/aromatic N) is 4. The number of carbonyl (C=O) groups is 2. The van der Waals surface area contributed by atoms with Crippen molar-refractivity contribution in [3.63, 3.8) is 0 Å². The highest BCUT2D eigenvalue weighted by molar-refractivity contribution is 8.04. The predicted molar refractivity (Wildman–Crippen MR) is 140 cm³/mol. The molecule has 188 valence electrons. The van der Waals surface area contributed by atoms with E-state index in [9.17, 15) is 9.59 Å². The molecule has 3 unspecified atom stereocenters. The molecule has 0 radical (unpaired) electrons. The Hall–Kier alpha value is -2.13. The van der Waals surface area contributed by atoms with E-state index in [1.807, 2.05) is 0 Å². The van der Waals surface area contributed by atoms with E-state index in [0.29, 0.717) is 35.4 Å². The number of hydrogen-bond acceptors (Lipinski definition) is 8. The number of amides is 1. The van der Waals surface area contributed by atoms with Crippen molar-refractivity contribution in [3.05, 3.63) is 22.3 Å². The molecule has 1 amide bonds. The molecule has 6 rings (SSSR count). The summed E-state index contributed by atoms with van der Waals surface area (Å²) in [7, 11) is 0. The number of ketones is 1. The third kappa shape index (κ3) is 4.46. The lowest BCUT2D eigenvalue weighted by molar-refractivity contribution is -0.122. The Kier molecular flexibility index (Phi) is 6.71. The van der Waals surface area contributed by atoms with Gasteiger partial charge in [-0.3, -0.25) is 14.6 Å². The van der Waals surface area contributed by atoms with Crippen LogP contribution in [-0.2, 0) is 9.59 Å². The van der Waals surface area contributed by atoms with Gasteiger partial charge >= 0.3 is 0 Å². The molecule has 9 heteroatoms. The number of dihydropyridines is 1. The van der Waals surface area contributed by atoms with Crippen LogP contribution in [0.2, 0.25) is 0 Å². The van der Waals surface area contributed by atoms with E-state index in [4.69, 9.17) is 4.99 Å². The molecule has 2 saturated heterocycles. The molecule has 0 aromatic heterocycles. The second kappa shape index (κ2) is 10.1. The summed E-state index contributed by atoms with van der Waals surface area (Å²) in [5.41, 5.74) is 2.07. The van der Waals surface area contributed by atoms with E-state index in [1.165, 1.54) is 12.8 Å². The summed E-state index contributed by atoms with van der Waals surface area (Å²) in [5.74, 6) is 0.708. The van der Waals surface area contributed by atoms with Crippen LogP contribution in [0.15, 0.2) is 32.2 Å². The molecule has 6 aliphatic rings. The highest BCUT2D eigenvalue weighted by Crippen LogP contribution is 2.51. The highest BCUT2D eigenvalue weighted by Gasteiger charge is 2.51. The minimum absolute atomic E-state index is 0.129. The largest absolute Gasteiger partial charge is 0.359 e. The van der Waals surface area contributed by atoms with E-state index < -0.39 is 0 Å². The fourth-order valence-electron chi connectivity index (χ4n) is 6.29. The van der Waals surface area contributed by atoms with Gasteiger partial charge in [-0.05, 0) is 45.1 Å². The molecule has 0 aromatic carbocycles. The Morgan fingerprint density at radius 2 is 2.06 bits per heavy atom. The molecule has 3 atom stereocenters. The number of carbonyl (C=O) groups excluding carboxylic acids is 2. The maximum Gasteiger partial charge on any atom is 0.258 e. The number of Topliss-reactive ketones (excluding diaryl/α,β-unsaturated/α-hetero) is 1. The van der Waals surface area contributed by atoms with Gasteiger partial charge in [-0.15, -0.1) is 11.8 Å². The van der Waals surface area contributed by atoms with Gasteiger partial charge in [0.2, 0.25) is 5.78 Å². The number of fused-ring (bicyclic) bond motifs is 5. The number of amidine groups is 1. The van der Waals surface area contributed by atoms with Gasteiger partial charge in [0.15, 0.2) is 6.17 Å². The summed E-state index contributed by atoms with van der Waals surface area (Å²) < 4.78 is 0. The second-order valence-corrected chi connectivity index (χ2v) is 11.6. The smallest absolute Gasteiger partial charge is 0.258 e. The van der Waals surface area contributed by atoms with Gasteiger partial charge in [-0.1, -0.05) is 18.9 Å². The molecule has 0 spiro atoms. The van der Waals surface area contributed by atoms with Crippen LogP contribution in [0.3, 0.4) is 0 Å². The maximum atomic E-state index is 13.8. The molecule has 1 aliphatic carbocycles. The molecule has 35 heavy (non-hydrogen) atoms. The zero-order chi connectivity index (χ0) is 23.8. The predicted octanol–water partition coefficient (Wildman–Crippen LogP) is 2.23. The first kappa shape index (κ1) is 23.3. The second-order valence-electron chi connectivity index (χ2n) is 10.4. The van der Waals surface area contributed by atoms with Crippen LogP contribution in [0.25, 0.3) is 0 Å².